The van der Waals surface area contributed by atoms with Crippen LogP contribution < -0.4 is 16.2 Å². The Balaban J connectivity index is 1.33. The minimum absolute atomic E-state index is 0.151. The van der Waals surface area contributed by atoms with Crippen molar-refractivity contribution in [2.24, 2.45) is 0 Å². The van der Waals surface area contributed by atoms with Crippen molar-refractivity contribution in [3.05, 3.63) is 99.6 Å². The second-order valence-electron chi connectivity index (χ2n) is 11.2. The summed E-state index contributed by atoms with van der Waals surface area (Å²) in [6.07, 6.45) is 3.23. The number of fused-ring (bicyclic) bond motifs is 1. The fraction of sp³-hybridized carbons (Fsp3) is 0.290. The van der Waals surface area contributed by atoms with Gasteiger partial charge in [0.15, 0.2) is 0 Å². The van der Waals surface area contributed by atoms with Gasteiger partial charge in [0.25, 0.3) is 17.4 Å². The lowest BCUT2D eigenvalue weighted by Gasteiger charge is -2.39. The Morgan fingerprint density at radius 2 is 1.64 bits per heavy atom. The van der Waals surface area contributed by atoms with Gasteiger partial charge in [-0.25, -0.2) is 4.79 Å². The van der Waals surface area contributed by atoms with E-state index in [1.54, 1.807) is 92.7 Å². The molecular weight excluding hydrogens is 558 g/mol. The molecule has 11 heteroatoms. The number of rotatable bonds is 5. The number of amides is 3. The van der Waals surface area contributed by atoms with Gasteiger partial charge in [0.05, 0.1) is 17.1 Å². The maximum Gasteiger partial charge on any atom is 0.410 e. The van der Waals surface area contributed by atoms with E-state index in [0.717, 1.165) is 10.9 Å². The molecule has 4 aromatic rings. The van der Waals surface area contributed by atoms with Crippen LogP contribution in [0.1, 0.15) is 47.9 Å². The van der Waals surface area contributed by atoms with Crippen LogP contribution in [-0.4, -0.2) is 63.1 Å². The van der Waals surface area contributed by atoms with E-state index in [-0.39, 0.29) is 23.9 Å². The highest BCUT2D eigenvalue weighted by atomic mass is 35.5. The van der Waals surface area contributed by atoms with Crippen molar-refractivity contribution in [2.45, 2.75) is 44.9 Å². The number of nitrogens with one attached hydrogen (secondary N) is 3. The van der Waals surface area contributed by atoms with Gasteiger partial charge < -0.3 is 25.3 Å². The molecule has 0 aliphatic carbocycles. The van der Waals surface area contributed by atoms with Crippen LogP contribution in [0, 0.1) is 0 Å². The van der Waals surface area contributed by atoms with Gasteiger partial charge >= 0.3 is 6.09 Å². The number of halogens is 1. The molecule has 3 N–H and O–H groups in total. The number of H-pyrrole nitrogens is 1. The van der Waals surface area contributed by atoms with E-state index in [0.29, 0.717) is 34.8 Å². The summed E-state index contributed by atoms with van der Waals surface area (Å²) < 4.78 is 7.04. The maximum atomic E-state index is 13.3. The van der Waals surface area contributed by atoms with Gasteiger partial charge in [0, 0.05) is 59.3 Å². The highest BCUT2D eigenvalue weighted by Gasteiger charge is 2.35. The third kappa shape index (κ3) is 6.49. The molecule has 10 nitrogen and oxygen atoms in total. The molecule has 2 atom stereocenters. The number of nitrogens with zero attached hydrogens (tertiary/aromatic N) is 2. The Kier molecular flexibility index (Phi) is 8.08. The first-order valence-corrected chi connectivity index (χ1v) is 14.0. The Morgan fingerprint density at radius 1 is 0.952 bits per heavy atom. The summed E-state index contributed by atoms with van der Waals surface area (Å²) in [7, 11) is 0. The van der Waals surface area contributed by atoms with Crippen molar-refractivity contribution in [3.8, 4) is 5.69 Å². The van der Waals surface area contributed by atoms with Crippen LogP contribution in [0.2, 0.25) is 5.02 Å². The van der Waals surface area contributed by atoms with Crippen LogP contribution >= 0.6 is 11.6 Å². The van der Waals surface area contributed by atoms with Crippen molar-refractivity contribution in [2.75, 3.05) is 13.1 Å². The number of aromatic amines is 1. The summed E-state index contributed by atoms with van der Waals surface area (Å²) in [6, 6.07) is 15.7. The maximum absolute atomic E-state index is 13.3. The Hall–Kier alpha value is -4.57. The van der Waals surface area contributed by atoms with E-state index in [1.807, 2.05) is 0 Å². The lowest BCUT2D eigenvalue weighted by molar-refractivity contribution is 0.0161. The summed E-state index contributed by atoms with van der Waals surface area (Å²) in [4.78, 5) is 56.2. The number of carbonyl (C=O) groups is 3. The lowest BCUT2D eigenvalue weighted by Crippen LogP contribution is -2.61. The number of benzene rings is 2. The Labute approximate surface area is 247 Å². The standard InChI is InChI=1S/C31H32ClN5O5/c1-31(2,3)42-30(41)36-15-13-24(26(18-36)35-29(40)20-9-12-22-23(32)17-33-25(22)16-20)34-28(39)19-7-10-21(11-8-19)37-14-5-4-6-27(37)38/h4-12,14,16-17,24,26,33H,13,15,18H2,1-3H3,(H,34,39)(H,35,40)/t24-,26+/m1/s1. The highest BCUT2D eigenvalue weighted by Crippen LogP contribution is 2.24. The topological polar surface area (TPSA) is 126 Å². The molecule has 3 heterocycles. The van der Waals surface area contributed by atoms with Gasteiger partial charge in [-0.2, -0.15) is 0 Å². The van der Waals surface area contributed by atoms with E-state index in [2.05, 4.69) is 15.6 Å². The molecule has 5 rings (SSSR count). The van der Waals surface area contributed by atoms with Gasteiger partial charge in [-0.3, -0.25) is 19.0 Å². The number of hydrogen-bond donors (Lipinski definition) is 3. The molecule has 1 aliphatic rings. The zero-order valence-electron chi connectivity index (χ0n) is 23.5. The normalized spacial score (nSPS) is 17.1. The quantitative estimate of drug-likeness (QED) is 0.316. The molecule has 42 heavy (non-hydrogen) atoms. The smallest absolute Gasteiger partial charge is 0.410 e. The van der Waals surface area contributed by atoms with E-state index in [1.165, 1.54) is 10.6 Å². The summed E-state index contributed by atoms with van der Waals surface area (Å²) in [5, 5.41) is 7.40. The molecule has 1 fully saturated rings. The van der Waals surface area contributed by atoms with Crippen molar-refractivity contribution >= 4 is 40.4 Å². The average molecular weight is 590 g/mol. The zero-order chi connectivity index (χ0) is 30.0. The molecule has 0 saturated carbocycles. The zero-order valence-corrected chi connectivity index (χ0v) is 24.3. The van der Waals surface area contributed by atoms with Gasteiger partial charge in [-0.1, -0.05) is 23.7 Å². The molecule has 0 unspecified atom stereocenters. The van der Waals surface area contributed by atoms with E-state index in [4.69, 9.17) is 16.3 Å². The second kappa shape index (κ2) is 11.7. The molecule has 0 spiro atoms. The number of aromatic nitrogens is 2. The van der Waals surface area contributed by atoms with Gasteiger partial charge in [-0.05, 0) is 69.7 Å². The molecule has 2 aromatic heterocycles. The van der Waals surface area contributed by atoms with Gasteiger partial charge in [0.2, 0.25) is 0 Å². The first-order valence-electron chi connectivity index (χ1n) is 13.6. The number of piperidine rings is 1. The number of pyridine rings is 1. The van der Waals surface area contributed by atoms with Crippen molar-refractivity contribution in [3.63, 3.8) is 0 Å². The molecule has 1 aliphatic heterocycles. The molecule has 2 aromatic carbocycles. The molecule has 1 saturated heterocycles. The predicted octanol–water partition coefficient (Wildman–Crippen LogP) is 4.51. The third-order valence-corrected chi connectivity index (χ3v) is 7.33. The van der Waals surface area contributed by atoms with E-state index < -0.39 is 23.8 Å². The number of carbonyl (C=O) groups excluding carboxylic acids is 3. The number of likely N-dealkylation sites (tertiary alicyclic amines) is 1. The minimum Gasteiger partial charge on any atom is -0.444 e. The average Bonchev–Trinajstić information content (AvgIpc) is 3.33. The molecule has 3 amide bonds. The largest absolute Gasteiger partial charge is 0.444 e. The van der Waals surface area contributed by atoms with Crippen molar-refractivity contribution in [1.29, 1.82) is 0 Å². The molecule has 0 radical (unpaired) electrons. The van der Waals surface area contributed by atoms with Crippen LogP contribution in [0.4, 0.5) is 4.79 Å². The van der Waals surface area contributed by atoms with Crippen LogP contribution in [-0.2, 0) is 4.74 Å². The molecule has 218 valence electrons. The number of hydrogen-bond acceptors (Lipinski definition) is 5. The SMILES string of the molecule is CC(C)(C)OC(=O)N1CC[C@@H](NC(=O)c2ccc(-n3ccccc3=O)cc2)[C@@H](NC(=O)c2ccc3c(Cl)c[nH]c3c2)C1. The first-order chi connectivity index (χ1) is 20.0. The Morgan fingerprint density at radius 3 is 2.36 bits per heavy atom. The predicted molar refractivity (Wildman–Crippen MR) is 160 cm³/mol. The van der Waals surface area contributed by atoms with Gasteiger partial charge in [0.1, 0.15) is 5.60 Å². The van der Waals surface area contributed by atoms with E-state index in [9.17, 15) is 19.2 Å². The van der Waals surface area contributed by atoms with Crippen LogP contribution in [0.15, 0.2) is 77.9 Å². The van der Waals surface area contributed by atoms with Crippen LogP contribution in [0.5, 0.6) is 0 Å². The summed E-state index contributed by atoms with van der Waals surface area (Å²) in [5.74, 6) is -0.685. The summed E-state index contributed by atoms with van der Waals surface area (Å²) in [5.41, 5.74) is 1.31. The Bertz CT molecular complexity index is 1690. The van der Waals surface area contributed by atoms with Crippen LogP contribution in [0.3, 0.4) is 0 Å². The second-order valence-corrected chi connectivity index (χ2v) is 11.6. The summed E-state index contributed by atoms with van der Waals surface area (Å²) >= 11 is 6.18. The number of ether oxygens (including phenoxy) is 1. The fourth-order valence-electron chi connectivity index (χ4n) is 4.91. The van der Waals surface area contributed by atoms with Crippen molar-refractivity contribution < 1.29 is 19.1 Å². The summed E-state index contributed by atoms with van der Waals surface area (Å²) in [6.45, 7) is 5.87. The van der Waals surface area contributed by atoms with E-state index >= 15 is 0 Å². The molecular formula is C31H32ClN5O5. The highest BCUT2D eigenvalue weighted by molar-refractivity contribution is 6.35. The third-order valence-electron chi connectivity index (χ3n) is 7.02. The van der Waals surface area contributed by atoms with Crippen molar-refractivity contribution in [1.82, 2.24) is 25.1 Å². The molecule has 0 bridgehead atoms. The first kappa shape index (κ1) is 28.9. The van der Waals surface area contributed by atoms with Crippen LogP contribution in [0.25, 0.3) is 16.6 Å². The van der Waals surface area contributed by atoms with Gasteiger partial charge in [-0.15, -0.1) is 0 Å². The fourth-order valence-corrected chi connectivity index (χ4v) is 5.13. The lowest BCUT2D eigenvalue weighted by atomic mass is 9.98. The monoisotopic (exact) mass is 589 g/mol. The minimum atomic E-state index is -0.676.